The second kappa shape index (κ2) is 2.63. The van der Waals surface area contributed by atoms with E-state index in [0.717, 1.165) is 0 Å². The van der Waals surface area contributed by atoms with E-state index in [-0.39, 0.29) is 0 Å². The lowest BCUT2D eigenvalue weighted by Gasteiger charge is -1.97. The Morgan fingerprint density at radius 3 is 2.43 bits per heavy atom. The number of hydrogen-bond acceptors (Lipinski definition) is 2. The molecule has 0 fully saturated rings. The van der Waals surface area contributed by atoms with Crippen LogP contribution in [0.15, 0.2) is 0 Å². The van der Waals surface area contributed by atoms with Crippen LogP contribution in [0.1, 0.15) is 0 Å². The van der Waals surface area contributed by atoms with Crippen molar-refractivity contribution in [2.24, 2.45) is 5.73 Å². The second-order valence-corrected chi connectivity index (χ2v) is 1.35. The molecule has 0 saturated heterocycles. The van der Waals surface area contributed by atoms with E-state index in [1.807, 2.05) is 0 Å². The Morgan fingerprint density at radius 1 is 2.00 bits per heavy atom. The monoisotopic (exact) mass is 101 g/mol. The number of carbonyl (C=O) groups is 1. The molecule has 0 radical (unpaired) electrons. The fourth-order valence-electron chi connectivity index (χ4n) is 0.175. The van der Waals surface area contributed by atoms with Crippen molar-refractivity contribution < 1.29 is 9.90 Å². The number of carboxylic acid groups (broad SMARTS) is 1. The molecule has 0 saturated carbocycles. The van der Waals surface area contributed by atoms with Crippen molar-refractivity contribution in [1.82, 2.24) is 0 Å². The molecule has 0 aliphatic rings. The maximum Gasteiger partial charge on any atom is 0.319 e. The molecule has 3 N–H and O–H groups in total. The lowest BCUT2D eigenvalue weighted by atomic mass is 9.98. The first-order valence-corrected chi connectivity index (χ1v) is 2.17. The van der Waals surface area contributed by atoms with Crippen molar-refractivity contribution in [3.8, 4) is 0 Å². The molecule has 0 rings (SSSR count). The minimum Gasteiger partial charge on any atom is -0.480 e. The smallest absolute Gasteiger partial charge is 0.319 e. The molecular weight excluding hydrogens is 92.8 g/mol. The Kier molecular flexibility index (Phi) is 2.44. The van der Waals surface area contributed by atoms with Crippen LogP contribution in [0, 0.1) is 0 Å². The standard InChI is InChI=1S/C3H8BNO2/c4-1-2(5)3(6)7/h2H,1,4-5H2,(H,6,7). The zero-order valence-corrected chi connectivity index (χ0v) is 4.22. The third-order valence-electron chi connectivity index (χ3n) is 0.757. The molecule has 7 heavy (non-hydrogen) atoms. The molecule has 0 aromatic heterocycles. The number of carboxylic acids is 1. The van der Waals surface area contributed by atoms with Gasteiger partial charge in [0.2, 0.25) is 0 Å². The highest BCUT2D eigenvalue weighted by atomic mass is 16.4. The summed E-state index contributed by atoms with van der Waals surface area (Å²) in [6.07, 6.45) is 0.495. The third kappa shape index (κ3) is 2.22. The van der Waals surface area contributed by atoms with Gasteiger partial charge in [0.1, 0.15) is 7.85 Å². The average Bonchev–Trinajstić information content (AvgIpc) is 1.65. The summed E-state index contributed by atoms with van der Waals surface area (Å²) in [5, 5.41) is 8.06. The predicted octanol–water partition coefficient (Wildman–Crippen LogP) is -1.55. The lowest BCUT2D eigenvalue weighted by Crippen LogP contribution is -2.29. The van der Waals surface area contributed by atoms with E-state index in [4.69, 9.17) is 10.8 Å². The van der Waals surface area contributed by atoms with Gasteiger partial charge in [-0.2, -0.15) is 0 Å². The minimum absolute atomic E-state index is 0.495. The van der Waals surface area contributed by atoms with Crippen LogP contribution < -0.4 is 5.73 Å². The zero-order chi connectivity index (χ0) is 5.86. The number of hydrogen-bond donors (Lipinski definition) is 2. The first-order chi connectivity index (χ1) is 3.18. The molecule has 40 valence electrons. The van der Waals surface area contributed by atoms with E-state index in [0.29, 0.717) is 6.32 Å². The van der Waals surface area contributed by atoms with Crippen LogP contribution >= 0.6 is 0 Å². The van der Waals surface area contributed by atoms with Crippen LogP contribution in [0.5, 0.6) is 0 Å². The Hall–Kier alpha value is -0.505. The van der Waals surface area contributed by atoms with Gasteiger partial charge in [-0.25, -0.2) is 0 Å². The summed E-state index contributed by atoms with van der Waals surface area (Å²) in [6.45, 7) is 0. The van der Waals surface area contributed by atoms with E-state index in [1.165, 1.54) is 0 Å². The molecule has 4 heteroatoms. The van der Waals surface area contributed by atoms with E-state index in [2.05, 4.69) is 0 Å². The summed E-state index contributed by atoms with van der Waals surface area (Å²) < 4.78 is 0. The van der Waals surface area contributed by atoms with Crippen LogP contribution in [0.4, 0.5) is 0 Å². The maximum atomic E-state index is 9.81. The van der Waals surface area contributed by atoms with Crippen molar-refractivity contribution in [3.63, 3.8) is 0 Å². The van der Waals surface area contributed by atoms with Crippen molar-refractivity contribution in [3.05, 3.63) is 0 Å². The van der Waals surface area contributed by atoms with Gasteiger partial charge < -0.3 is 10.8 Å². The van der Waals surface area contributed by atoms with Gasteiger partial charge in [0, 0.05) is 0 Å². The van der Waals surface area contributed by atoms with E-state index >= 15 is 0 Å². The zero-order valence-electron chi connectivity index (χ0n) is 4.22. The number of nitrogens with two attached hydrogens (primary N) is 1. The maximum absolute atomic E-state index is 9.81. The SMILES string of the molecule is BCC(N)C(=O)O. The summed E-state index contributed by atoms with van der Waals surface area (Å²) in [5.41, 5.74) is 5.02. The van der Waals surface area contributed by atoms with Gasteiger partial charge in [0.25, 0.3) is 0 Å². The highest BCUT2D eigenvalue weighted by molar-refractivity contribution is 6.10. The molecule has 0 heterocycles. The summed E-state index contributed by atoms with van der Waals surface area (Å²) >= 11 is 0. The second-order valence-electron chi connectivity index (χ2n) is 1.35. The van der Waals surface area contributed by atoms with Gasteiger partial charge >= 0.3 is 5.97 Å². The molecule has 0 aliphatic heterocycles. The van der Waals surface area contributed by atoms with Gasteiger partial charge in [-0.3, -0.25) is 4.79 Å². The van der Waals surface area contributed by atoms with Gasteiger partial charge in [-0.15, -0.1) is 0 Å². The summed E-state index contributed by atoms with van der Waals surface area (Å²) in [5.74, 6) is -0.928. The molecule has 0 amide bonds. The molecule has 1 unspecified atom stereocenters. The topological polar surface area (TPSA) is 63.3 Å². The van der Waals surface area contributed by atoms with Crippen LogP contribution in [-0.2, 0) is 4.79 Å². The Bertz CT molecular complexity index is 75.3. The lowest BCUT2D eigenvalue weighted by molar-refractivity contribution is -0.138. The number of rotatable bonds is 2. The van der Waals surface area contributed by atoms with Crippen LogP contribution in [0.3, 0.4) is 0 Å². The molecule has 0 aromatic rings. The molecule has 3 nitrogen and oxygen atoms in total. The van der Waals surface area contributed by atoms with Gasteiger partial charge in [0.15, 0.2) is 0 Å². The number of aliphatic carboxylic acids is 1. The molecule has 0 spiro atoms. The fraction of sp³-hybridized carbons (Fsp3) is 0.667. The van der Waals surface area contributed by atoms with E-state index in [1.54, 1.807) is 7.85 Å². The Balaban J connectivity index is 3.34. The Morgan fingerprint density at radius 2 is 2.43 bits per heavy atom. The largest absolute Gasteiger partial charge is 0.480 e. The van der Waals surface area contributed by atoms with E-state index < -0.39 is 12.0 Å². The van der Waals surface area contributed by atoms with Crippen LogP contribution in [0.2, 0.25) is 6.32 Å². The minimum atomic E-state index is -0.928. The van der Waals surface area contributed by atoms with Crippen molar-refractivity contribution in [2.75, 3.05) is 0 Å². The fourth-order valence-corrected chi connectivity index (χ4v) is 0.175. The highest BCUT2D eigenvalue weighted by Crippen LogP contribution is 1.80. The summed E-state index contributed by atoms with van der Waals surface area (Å²) in [6, 6.07) is -0.681. The summed E-state index contributed by atoms with van der Waals surface area (Å²) in [7, 11) is 1.73. The third-order valence-corrected chi connectivity index (χ3v) is 0.757. The van der Waals surface area contributed by atoms with Crippen molar-refractivity contribution >= 4 is 13.8 Å². The predicted molar refractivity (Wildman–Crippen MR) is 29.0 cm³/mol. The summed E-state index contributed by atoms with van der Waals surface area (Å²) in [4.78, 5) is 9.81. The molecule has 0 aliphatic carbocycles. The van der Waals surface area contributed by atoms with Gasteiger partial charge in [-0.1, -0.05) is 6.32 Å². The van der Waals surface area contributed by atoms with Crippen LogP contribution in [-0.4, -0.2) is 25.0 Å². The Labute approximate surface area is 42.9 Å². The molecule has 0 aromatic carbocycles. The van der Waals surface area contributed by atoms with Crippen molar-refractivity contribution in [2.45, 2.75) is 12.4 Å². The first-order valence-electron chi connectivity index (χ1n) is 2.17. The van der Waals surface area contributed by atoms with Crippen molar-refractivity contribution in [1.29, 1.82) is 0 Å². The normalized spacial score (nSPS) is 13.3. The highest BCUT2D eigenvalue weighted by Gasteiger charge is 2.05. The van der Waals surface area contributed by atoms with Crippen LogP contribution in [0.25, 0.3) is 0 Å². The first kappa shape index (κ1) is 6.49. The van der Waals surface area contributed by atoms with Gasteiger partial charge in [0.05, 0.1) is 6.04 Å². The van der Waals surface area contributed by atoms with E-state index in [9.17, 15) is 4.79 Å². The molecule has 1 atom stereocenters. The molecule has 0 bridgehead atoms. The average molecular weight is 101 g/mol. The quantitative estimate of drug-likeness (QED) is 0.414. The molecular formula is C3H8BNO2. The van der Waals surface area contributed by atoms with Gasteiger partial charge in [-0.05, 0) is 0 Å².